The number of hydrogen-bond donors (Lipinski definition) is 1. The maximum absolute atomic E-state index is 12.9. The number of allylic oxidation sites excluding steroid dienone is 9. The number of hydrogen-bond acceptors (Lipinski definition) is 3. The largest absolute Gasteiger partial charge is 0.496 e. The van der Waals surface area contributed by atoms with Gasteiger partial charge in [0.15, 0.2) is 5.78 Å². The number of benzene rings is 1. The van der Waals surface area contributed by atoms with Gasteiger partial charge < -0.3 is 10.5 Å². The number of ketones is 1. The van der Waals surface area contributed by atoms with E-state index in [0.717, 1.165) is 47.3 Å². The Balaban J connectivity index is 2.92. The van der Waals surface area contributed by atoms with Crippen molar-refractivity contribution in [3.05, 3.63) is 95.2 Å². The zero-order valence-corrected chi connectivity index (χ0v) is 21.1. The summed E-state index contributed by atoms with van der Waals surface area (Å²) in [5.74, 6) is 0.525. The third-order valence-corrected chi connectivity index (χ3v) is 5.84. The van der Waals surface area contributed by atoms with Gasteiger partial charge in [-0.1, -0.05) is 75.9 Å². The molecule has 3 heteroatoms. The molecule has 3 nitrogen and oxygen atoms in total. The molecule has 0 fully saturated rings. The number of carbonyl (C=O) groups excluding carboxylic acids is 1. The first kappa shape index (κ1) is 28.1. The van der Waals surface area contributed by atoms with Gasteiger partial charge >= 0.3 is 0 Å². The van der Waals surface area contributed by atoms with Crippen molar-refractivity contribution in [1.82, 2.24) is 0 Å². The van der Waals surface area contributed by atoms with Crippen LogP contribution in [0.5, 0.6) is 5.75 Å². The molecule has 0 bridgehead atoms. The highest BCUT2D eigenvalue weighted by atomic mass is 16.5. The lowest BCUT2D eigenvalue weighted by molar-refractivity contribution is -0.117. The Labute approximate surface area is 201 Å². The third-order valence-electron chi connectivity index (χ3n) is 5.84. The maximum atomic E-state index is 12.9. The topological polar surface area (TPSA) is 52.3 Å². The second-order valence-corrected chi connectivity index (χ2v) is 8.12. The van der Waals surface area contributed by atoms with E-state index in [1.165, 1.54) is 11.1 Å². The lowest BCUT2D eigenvalue weighted by atomic mass is 9.91. The number of aryl methyl sites for hydroxylation is 1. The highest BCUT2D eigenvalue weighted by molar-refractivity contribution is 5.94. The van der Waals surface area contributed by atoms with Gasteiger partial charge in [-0.3, -0.25) is 4.79 Å². The van der Waals surface area contributed by atoms with Crippen LogP contribution >= 0.6 is 0 Å². The molecule has 1 unspecified atom stereocenters. The van der Waals surface area contributed by atoms with Gasteiger partial charge in [-0.05, 0) is 85.2 Å². The normalized spacial score (nSPS) is 13.5. The second kappa shape index (κ2) is 15.0. The van der Waals surface area contributed by atoms with Crippen molar-refractivity contribution >= 4 is 11.9 Å². The minimum atomic E-state index is -0.350. The van der Waals surface area contributed by atoms with E-state index in [2.05, 4.69) is 53.0 Å². The van der Waals surface area contributed by atoms with E-state index in [1.54, 1.807) is 19.3 Å². The van der Waals surface area contributed by atoms with Gasteiger partial charge in [0, 0.05) is 5.92 Å². The van der Waals surface area contributed by atoms with E-state index in [0.29, 0.717) is 13.0 Å². The van der Waals surface area contributed by atoms with Crippen LogP contribution in [0.1, 0.15) is 58.1 Å². The molecule has 0 saturated carbocycles. The molecule has 0 aromatic heterocycles. The summed E-state index contributed by atoms with van der Waals surface area (Å²) >= 11 is 0. The minimum Gasteiger partial charge on any atom is -0.496 e. The number of rotatable bonds is 14. The molecule has 0 radical (unpaired) electrons. The monoisotopic (exact) mass is 447 g/mol. The van der Waals surface area contributed by atoms with Crippen LogP contribution in [0.25, 0.3) is 6.08 Å². The van der Waals surface area contributed by atoms with E-state index in [1.807, 2.05) is 30.4 Å². The van der Waals surface area contributed by atoms with E-state index in [-0.39, 0.29) is 11.7 Å². The maximum Gasteiger partial charge on any atom is 0.163 e. The van der Waals surface area contributed by atoms with Crippen molar-refractivity contribution in [1.29, 1.82) is 0 Å². The van der Waals surface area contributed by atoms with Gasteiger partial charge in [-0.2, -0.15) is 0 Å². The summed E-state index contributed by atoms with van der Waals surface area (Å²) in [5, 5.41) is 0. The Morgan fingerprint density at radius 2 is 1.76 bits per heavy atom. The summed E-state index contributed by atoms with van der Waals surface area (Å²) < 4.78 is 5.40. The summed E-state index contributed by atoms with van der Waals surface area (Å²) in [6, 6.07) is 6.06. The Morgan fingerprint density at radius 1 is 1.06 bits per heavy atom. The molecule has 1 atom stereocenters. The van der Waals surface area contributed by atoms with E-state index in [4.69, 9.17) is 10.5 Å². The van der Waals surface area contributed by atoms with Crippen LogP contribution < -0.4 is 10.5 Å². The zero-order valence-electron chi connectivity index (χ0n) is 21.1. The number of methoxy groups -OCH3 is 1. The summed E-state index contributed by atoms with van der Waals surface area (Å²) in [5.41, 5.74) is 12.2. The van der Waals surface area contributed by atoms with Crippen LogP contribution in [0.2, 0.25) is 0 Å². The molecule has 2 N–H and O–H groups in total. The van der Waals surface area contributed by atoms with Crippen LogP contribution in [-0.2, 0) is 11.2 Å². The van der Waals surface area contributed by atoms with Gasteiger partial charge in [-0.25, -0.2) is 0 Å². The second-order valence-electron chi connectivity index (χ2n) is 8.12. The fourth-order valence-corrected chi connectivity index (χ4v) is 3.53. The van der Waals surface area contributed by atoms with Crippen molar-refractivity contribution in [2.24, 2.45) is 11.7 Å². The van der Waals surface area contributed by atoms with E-state index >= 15 is 0 Å². The summed E-state index contributed by atoms with van der Waals surface area (Å²) in [6.45, 7) is 17.2. The molecule has 0 spiro atoms. The van der Waals surface area contributed by atoms with Crippen LogP contribution in [-0.4, -0.2) is 19.4 Å². The quantitative estimate of drug-likeness (QED) is 0.243. The van der Waals surface area contributed by atoms with Crippen molar-refractivity contribution in [3.8, 4) is 5.75 Å². The van der Waals surface area contributed by atoms with Crippen LogP contribution in [0, 0.1) is 5.92 Å². The van der Waals surface area contributed by atoms with E-state index in [9.17, 15) is 4.79 Å². The highest BCUT2D eigenvalue weighted by Crippen LogP contribution is 2.23. The molecular weight excluding hydrogens is 406 g/mol. The summed E-state index contributed by atoms with van der Waals surface area (Å²) in [4.78, 5) is 12.9. The molecule has 178 valence electrons. The van der Waals surface area contributed by atoms with Gasteiger partial charge in [0.2, 0.25) is 0 Å². The van der Waals surface area contributed by atoms with Crippen molar-refractivity contribution in [2.45, 2.75) is 53.4 Å². The lowest BCUT2D eigenvalue weighted by Gasteiger charge is -2.13. The van der Waals surface area contributed by atoms with Crippen LogP contribution in [0.4, 0.5) is 0 Å². The van der Waals surface area contributed by atoms with Gasteiger partial charge in [0.25, 0.3) is 0 Å². The standard InChI is InChI=1S/C30H41NO2/c1-8-23(5)26(9-2)16-11-22(4)12-17-29(32)28(19-20-31)24(6)13-14-25-15-18-30(33-7)27(10-3)21-25/h11-18,21,28H,4,6,8-10,19-20,31H2,1-3,5,7H3/b14-13+,16-11-,17-12+,26-23+. The van der Waals surface area contributed by atoms with Gasteiger partial charge in [-0.15, -0.1) is 0 Å². The number of nitrogens with two attached hydrogens (primary N) is 1. The molecule has 0 aliphatic rings. The van der Waals surface area contributed by atoms with Crippen molar-refractivity contribution in [3.63, 3.8) is 0 Å². The predicted molar refractivity (Wildman–Crippen MR) is 143 cm³/mol. The SMILES string of the molecule is C=C(/C=C\C(CC)=C(/C)CC)/C=C/C(=O)C(CCN)C(=C)/C=C/c1ccc(OC)c(CC)c1. The molecule has 0 saturated heterocycles. The van der Waals surface area contributed by atoms with Crippen molar-refractivity contribution < 1.29 is 9.53 Å². The molecule has 0 amide bonds. The number of carbonyl (C=O) groups is 1. The van der Waals surface area contributed by atoms with Crippen LogP contribution in [0.15, 0.2) is 84.0 Å². The molecule has 0 aliphatic carbocycles. The summed E-state index contributed by atoms with van der Waals surface area (Å²) in [6.07, 6.45) is 14.8. The Hall–Kier alpha value is -2.91. The molecule has 1 rings (SSSR count). The predicted octanol–water partition coefficient (Wildman–Crippen LogP) is 7.17. The fourth-order valence-electron chi connectivity index (χ4n) is 3.53. The average Bonchev–Trinajstić information content (AvgIpc) is 2.84. The average molecular weight is 448 g/mol. The first-order valence-corrected chi connectivity index (χ1v) is 11.8. The molecule has 0 heterocycles. The highest BCUT2D eigenvalue weighted by Gasteiger charge is 2.17. The minimum absolute atomic E-state index is 0.00961. The Kier molecular flexibility index (Phi) is 12.8. The Morgan fingerprint density at radius 3 is 2.33 bits per heavy atom. The van der Waals surface area contributed by atoms with Gasteiger partial charge in [0.05, 0.1) is 7.11 Å². The third kappa shape index (κ3) is 9.23. The molecule has 33 heavy (non-hydrogen) atoms. The van der Waals surface area contributed by atoms with Crippen molar-refractivity contribution in [2.75, 3.05) is 13.7 Å². The lowest BCUT2D eigenvalue weighted by Crippen LogP contribution is -2.18. The zero-order chi connectivity index (χ0) is 24.8. The van der Waals surface area contributed by atoms with Crippen LogP contribution in [0.3, 0.4) is 0 Å². The fraction of sp³-hybridized carbons (Fsp3) is 0.367. The van der Waals surface area contributed by atoms with E-state index < -0.39 is 0 Å². The molecular formula is C30H41NO2. The first-order valence-electron chi connectivity index (χ1n) is 11.8. The summed E-state index contributed by atoms with van der Waals surface area (Å²) in [7, 11) is 1.68. The molecule has 0 aliphatic heterocycles. The smallest absolute Gasteiger partial charge is 0.163 e. The molecule has 1 aromatic rings. The molecule has 1 aromatic carbocycles. The van der Waals surface area contributed by atoms with Gasteiger partial charge in [0.1, 0.15) is 5.75 Å². The first-order chi connectivity index (χ1) is 15.8. The Bertz CT molecular complexity index is 944. The number of ether oxygens (including phenoxy) is 1.